The molecule has 122 valence electrons. The lowest BCUT2D eigenvalue weighted by Crippen LogP contribution is -2.17. The maximum Gasteiger partial charge on any atom is 0.330 e. The summed E-state index contributed by atoms with van der Waals surface area (Å²) in [7, 11) is 0. The van der Waals surface area contributed by atoms with Crippen molar-refractivity contribution in [2.75, 3.05) is 6.61 Å². The Bertz CT molecular complexity index is 727. The van der Waals surface area contributed by atoms with Gasteiger partial charge in [0.2, 0.25) is 0 Å². The van der Waals surface area contributed by atoms with Crippen LogP contribution in [0.15, 0.2) is 83.1 Å². The maximum absolute atomic E-state index is 11.4. The van der Waals surface area contributed by atoms with Crippen LogP contribution in [0.2, 0.25) is 0 Å². The van der Waals surface area contributed by atoms with E-state index in [0.29, 0.717) is 0 Å². The summed E-state index contributed by atoms with van der Waals surface area (Å²) in [5.41, 5.74) is 2.46. The Hall–Kier alpha value is -1.91. The summed E-state index contributed by atoms with van der Waals surface area (Å²) in [5, 5.41) is 0. The molecule has 2 nitrogen and oxygen atoms in total. The van der Waals surface area contributed by atoms with Gasteiger partial charge in [-0.05, 0) is 23.0 Å². The standard InChI is InChI=1S/C20H18O2S2/c1-3-19(21)22-14-18-15(2)23-20(24-18,16-10-6-4-7-11-16)17-12-8-5-9-13-17/h3-13H,1,14H2,2H3. The molecule has 0 aliphatic carbocycles. The highest BCUT2D eigenvalue weighted by Gasteiger charge is 2.42. The average Bonchev–Trinajstić information content (AvgIpc) is 2.99. The van der Waals surface area contributed by atoms with Gasteiger partial charge in [0.25, 0.3) is 0 Å². The minimum atomic E-state index is -0.391. The van der Waals surface area contributed by atoms with Gasteiger partial charge in [0.05, 0.1) is 0 Å². The summed E-state index contributed by atoms with van der Waals surface area (Å²) in [5.74, 6) is -0.391. The first kappa shape index (κ1) is 16.9. The normalized spacial score (nSPS) is 16.0. The molecule has 0 fully saturated rings. The van der Waals surface area contributed by atoms with Crippen LogP contribution in [0.25, 0.3) is 0 Å². The highest BCUT2D eigenvalue weighted by atomic mass is 32.2. The largest absolute Gasteiger partial charge is 0.457 e. The smallest absolute Gasteiger partial charge is 0.330 e. The van der Waals surface area contributed by atoms with Crippen LogP contribution in [-0.4, -0.2) is 12.6 Å². The fourth-order valence-corrected chi connectivity index (χ4v) is 5.90. The first-order valence-electron chi connectivity index (χ1n) is 7.64. The number of rotatable bonds is 5. The van der Waals surface area contributed by atoms with Crippen molar-refractivity contribution < 1.29 is 9.53 Å². The Morgan fingerprint density at radius 1 is 1.04 bits per heavy atom. The molecule has 0 saturated carbocycles. The van der Waals surface area contributed by atoms with Crippen LogP contribution in [0, 0.1) is 0 Å². The molecule has 0 aromatic heterocycles. The predicted octanol–water partition coefficient (Wildman–Crippen LogP) is 5.33. The Labute approximate surface area is 151 Å². The first-order valence-corrected chi connectivity index (χ1v) is 9.27. The van der Waals surface area contributed by atoms with Crippen molar-refractivity contribution in [3.05, 3.63) is 94.3 Å². The fraction of sp³-hybridized carbons (Fsp3) is 0.150. The SMILES string of the molecule is C=CC(=O)OCC1=C(C)SC(c2ccccc2)(c2ccccc2)S1. The van der Waals surface area contributed by atoms with Gasteiger partial charge in [0, 0.05) is 11.0 Å². The number of allylic oxidation sites excluding steroid dienone is 1. The Morgan fingerprint density at radius 2 is 1.58 bits per heavy atom. The van der Waals surface area contributed by atoms with Gasteiger partial charge in [-0.3, -0.25) is 0 Å². The van der Waals surface area contributed by atoms with E-state index in [1.165, 1.54) is 22.1 Å². The number of ether oxygens (including phenoxy) is 1. The van der Waals surface area contributed by atoms with Gasteiger partial charge >= 0.3 is 5.97 Å². The number of thioether (sulfide) groups is 2. The number of carbonyl (C=O) groups is 1. The molecule has 1 aliphatic rings. The van der Waals surface area contributed by atoms with Crippen molar-refractivity contribution in [2.45, 2.75) is 11.0 Å². The van der Waals surface area contributed by atoms with Gasteiger partial charge in [-0.25, -0.2) is 4.79 Å². The van der Waals surface area contributed by atoms with Gasteiger partial charge in [-0.2, -0.15) is 0 Å². The van der Waals surface area contributed by atoms with E-state index < -0.39 is 5.97 Å². The molecule has 0 bridgehead atoms. The Kier molecular flexibility index (Phi) is 5.17. The van der Waals surface area contributed by atoms with Crippen molar-refractivity contribution >= 4 is 29.5 Å². The molecule has 1 heterocycles. The van der Waals surface area contributed by atoms with Crippen molar-refractivity contribution in [1.82, 2.24) is 0 Å². The number of carbonyl (C=O) groups excluding carboxylic acids is 1. The van der Waals surface area contributed by atoms with Crippen molar-refractivity contribution in [1.29, 1.82) is 0 Å². The van der Waals surface area contributed by atoms with Crippen LogP contribution < -0.4 is 0 Å². The lowest BCUT2D eigenvalue weighted by atomic mass is 10.0. The van der Waals surface area contributed by atoms with E-state index in [4.69, 9.17) is 4.74 Å². The van der Waals surface area contributed by atoms with Crippen LogP contribution in [0.1, 0.15) is 18.1 Å². The second-order valence-electron chi connectivity index (χ2n) is 5.34. The van der Waals surface area contributed by atoms with Gasteiger partial charge in [-0.1, -0.05) is 79.0 Å². The third-order valence-corrected chi connectivity index (χ3v) is 7.15. The zero-order chi connectivity index (χ0) is 17.0. The van der Waals surface area contributed by atoms with Crippen LogP contribution in [-0.2, 0) is 13.6 Å². The Morgan fingerprint density at radius 3 is 2.08 bits per heavy atom. The topological polar surface area (TPSA) is 26.3 Å². The zero-order valence-electron chi connectivity index (χ0n) is 13.4. The summed E-state index contributed by atoms with van der Waals surface area (Å²) in [6.07, 6.45) is 1.20. The molecule has 0 atom stereocenters. The molecule has 0 spiro atoms. The van der Waals surface area contributed by atoms with Crippen LogP contribution in [0.5, 0.6) is 0 Å². The second kappa shape index (κ2) is 7.32. The second-order valence-corrected chi connectivity index (χ2v) is 8.34. The van der Waals surface area contributed by atoms with Gasteiger partial charge in [0.1, 0.15) is 10.7 Å². The summed E-state index contributed by atoms with van der Waals surface area (Å²) in [6.45, 7) is 5.82. The van der Waals surface area contributed by atoms with Gasteiger partial charge < -0.3 is 4.74 Å². The summed E-state index contributed by atoms with van der Waals surface area (Å²) < 4.78 is 5.01. The highest BCUT2D eigenvalue weighted by molar-refractivity contribution is 8.24. The van der Waals surface area contributed by atoms with E-state index in [0.717, 1.165) is 4.91 Å². The molecule has 0 saturated heterocycles. The zero-order valence-corrected chi connectivity index (χ0v) is 15.0. The van der Waals surface area contributed by atoms with Crippen LogP contribution in [0.4, 0.5) is 0 Å². The average molecular weight is 354 g/mol. The van der Waals surface area contributed by atoms with E-state index in [-0.39, 0.29) is 10.7 Å². The third kappa shape index (κ3) is 3.30. The van der Waals surface area contributed by atoms with E-state index in [1.54, 1.807) is 11.8 Å². The van der Waals surface area contributed by atoms with E-state index >= 15 is 0 Å². The lowest BCUT2D eigenvalue weighted by molar-refractivity contribution is -0.136. The van der Waals surface area contributed by atoms with Crippen molar-refractivity contribution in [3.63, 3.8) is 0 Å². The molecule has 0 unspecified atom stereocenters. The molecular formula is C20H18O2S2. The molecular weight excluding hydrogens is 336 g/mol. The van der Waals surface area contributed by atoms with Gasteiger partial charge in [-0.15, -0.1) is 11.8 Å². The maximum atomic E-state index is 11.4. The molecule has 0 radical (unpaired) electrons. The van der Waals surface area contributed by atoms with Crippen LogP contribution >= 0.6 is 23.5 Å². The molecule has 24 heavy (non-hydrogen) atoms. The van der Waals surface area contributed by atoms with E-state index in [9.17, 15) is 4.79 Å². The lowest BCUT2D eigenvalue weighted by Gasteiger charge is -2.29. The molecule has 4 heteroatoms. The number of esters is 1. The number of hydrogen-bond donors (Lipinski definition) is 0. The summed E-state index contributed by atoms with van der Waals surface area (Å²) >= 11 is 3.57. The predicted molar refractivity (Wildman–Crippen MR) is 103 cm³/mol. The molecule has 2 aromatic carbocycles. The summed E-state index contributed by atoms with van der Waals surface area (Å²) in [4.78, 5) is 13.7. The Balaban J connectivity index is 1.95. The van der Waals surface area contributed by atoms with E-state index in [2.05, 4.69) is 62.0 Å². The minimum absolute atomic E-state index is 0.247. The van der Waals surface area contributed by atoms with Crippen LogP contribution in [0.3, 0.4) is 0 Å². The molecule has 0 amide bonds. The highest BCUT2D eigenvalue weighted by Crippen LogP contribution is 2.63. The monoisotopic (exact) mass is 354 g/mol. The van der Waals surface area contributed by atoms with Crippen molar-refractivity contribution in [2.24, 2.45) is 0 Å². The third-order valence-electron chi connectivity index (χ3n) is 3.78. The first-order chi connectivity index (χ1) is 11.7. The van der Waals surface area contributed by atoms with Crippen molar-refractivity contribution in [3.8, 4) is 0 Å². The minimum Gasteiger partial charge on any atom is -0.457 e. The molecule has 1 aliphatic heterocycles. The number of hydrogen-bond acceptors (Lipinski definition) is 4. The molecule has 2 aromatic rings. The number of benzene rings is 2. The quantitative estimate of drug-likeness (QED) is 0.536. The molecule has 0 N–H and O–H groups in total. The summed E-state index contributed by atoms with van der Waals surface area (Å²) in [6, 6.07) is 20.9. The fourth-order valence-electron chi connectivity index (χ4n) is 2.58. The van der Waals surface area contributed by atoms with E-state index in [1.807, 2.05) is 23.9 Å². The van der Waals surface area contributed by atoms with Gasteiger partial charge in [0.15, 0.2) is 0 Å². The molecule has 3 rings (SSSR count).